The topological polar surface area (TPSA) is 101 Å². The number of halogens is 3. The van der Waals surface area contributed by atoms with Crippen molar-refractivity contribution in [2.45, 2.75) is 25.1 Å². The lowest BCUT2D eigenvalue weighted by Crippen LogP contribution is -2.36. The van der Waals surface area contributed by atoms with Gasteiger partial charge in [-0.25, -0.2) is 9.78 Å². The maximum Gasteiger partial charge on any atom is 0.405 e. The number of carbonyl (C=O) groups excluding carboxylic acids is 1. The molecule has 0 spiro atoms. The molecule has 3 N–H and O–H groups in total. The van der Waals surface area contributed by atoms with Gasteiger partial charge in [0, 0.05) is 29.7 Å². The van der Waals surface area contributed by atoms with E-state index in [0.717, 1.165) is 42.8 Å². The van der Waals surface area contributed by atoms with Gasteiger partial charge >= 0.3 is 12.2 Å². The zero-order valence-corrected chi connectivity index (χ0v) is 18.6. The lowest BCUT2D eigenvalue weighted by Gasteiger charge is -2.22. The number of hydrogen-bond donors (Lipinski definition) is 3. The first kappa shape index (κ1) is 22.8. The third-order valence-electron chi connectivity index (χ3n) is 5.87. The van der Waals surface area contributed by atoms with Gasteiger partial charge in [0.1, 0.15) is 12.2 Å². The summed E-state index contributed by atoms with van der Waals surface area (Å²) < 4.78 is 40.8. The van der Waals surface area contributed by atoms with Crippen LogP contribution in [0.3, 0.4) is 0 Å². The number of urea groups is 1. The first-order valence-corrected chi connectivity index (χ1v) is 11.2. The van der Waals surface area contributed by atoms with Crippen LogP contribution in [-0.4, -0.2) is 56.0 Å². The Morgan fingerprint density at radius 3 is 2.71 bits per heavy atom. The molecule has 4 aromatic rings. The highest BCUT2D eigenvalue weighted by Crippen LogP contribution is 2.27. The van der Waals surface area contributed by atoms with Gasteiger partial charge in [-0.15, -0.1) is 0 Å². The summed E-state index contributed by atoms with van der Waals surface area (Å²) in [6.07, 6.45) is 8.07. The monoisotopic (exact) mass is 484 g/mol. The van der Waals surface area contributed by atoms with E-state index in [2.05, 4.69) is 31.9 Å². The lowest BCUT2D eigenvalue weighted by molar-refractivity contribution is -0.122. The molecule has 0 aliphatic carbocycles. The predicted molar refractivity (Wildman–Crippen MR) is 124 cm³/mol. The molecule has 12 heteroatoms. The number of piperidine rings is 1. The Morgan fingerprint density at radius 2 is 1.91 bits per heavy atom. The van der Waals surface area contributed by atoms with Gasteiger partial charge in [0.25, 0.3) is 0 Å². The minimum atomic E-state index is -4.49. The summed E-state index contributed by atoms with van der Waals surface area (Å²) in [4.78, 5) is 20.4. The highest BCUT2D eigenvalue weighted by atomic mass is 19.4. The molecule has 0 atom stereocenters. The predicted octanol–water partition coefficient (Wildman–Crippen LogP) is 3.87. The standard InChI is InChI=1S/C23H23F3N8O/c24-23(25,26)14-30-22(35)32-18-7-16(9-28-11-18)20-12-29-21-8-15(3-6-33(20)21)17-10-31-34(13-17)19-1-4-27-5-2-19/h3,6-13,19,27H,1-2,4-5,14H2,(H2,30,32,35). The third-order valence-corrected chi connectivity index (χ3v) is 5.87. The number of imidazole rings is 1. The number of fused-ring (bicyclic) bond motifs is 1. The number of pyridine rings is 2. The summed E-state index contributed by atoms with van der Waals surface area (Å²) in [5.74, 6) is 0. The molecule has 182 valence electrons. The van der Waals surface area contributed by atoms with Crippen LogP contribution < -0.4 is 16.0 Å². The number of anilines is 1. The summed E-state index contributed by atoms with van der Waals surface area (Å²) >= 11 is 0. The van der Waals surface area contributed by atoms with E-state index < -0.39 is 18.8 Å². The van der Waals surface area contributed by atoms with Crippen LogP contribution in [0.2, 0.25) is 0 Å². The number of nitrogens with one attached hydrogen (secondary N) is 3. The van der Waals surface area contributed by atoms with E-state index in [4.69, 9.17) is 0 Å². The van der Waals surface area contributed by atoms with Gasteiger partial charge in [0.05, 0.1) is 36.0 Å². The Hall–Kier alpha value is -3.93. The summed E-state index contributed by atoms with van der Waals surface area (Å²) in [5.41, 5.74) is 4.35. The van der Waals surface area contributed by atoms with Crippen LogP contribution in [0, 0.1) is 0 Å². The Labute approximate surface area is 198 Å². The van der Waals surface area contributed by atoms with Crippen LogP contribution >= 0.6 is 0 Å². The Bertz CT molecular complexity index is 1340. The zero-order valence-electron chi connectivity index (χ0n) is 18.6. The molecule has 1 saturated heterocycles. The zero-order chi connectivity index (χ0) is 24.4. The second-order valence-electron chi connectivity index (χ2n) is 8.36. The van der Waals surface area contributed by atoms with E-state index in [1.165, 1.54) is 6.20 Å². The molecule has 9 nitrogen and oxygen atoms in total. The first-order valence-electron chi connectivity index (χ1n) is 11.2. The summed E-state index contributed by atoms with van der Waals surface area (Å²) in [6.45, 7) is 0.567. The van der Waals surface area contributed by atoms with Gasteiger partial charge in [0.15, 0.2) is 0 Å². The summed E-state index contributed by atoms with van der Waals surface area (Å²) in [7, 11) is 0. The molecule has 5 rings (SSSR count). The fraction of sp³-hybridized carbons (Fsp3) is 0.304. The molecule has 35 heavy (non-hydrogen) atoms. The number of nitrogens with zero attached hydrogens (tertiary/aromatic N) is 5. The van der Waals surface area contributed by atoms with Gasteiger partial charge in [-0.05, 0) is 49.7 Å². The molecule has 0 unspecified atom stereocenters. The van der Waals surface area contributed by atoms with Crippen LogP contribution in [-0.2, 0) is 0 Å². The molecule has 5 heterocycles. The van der Waals surface area contributed by atoms with Crippen molar-refractivity contribution in [2.75, 3.05) is 25.0 Å². The van der Waals surface area contributed by atoms with Crippen molar-refractivity contribution in [3.63, 3.8) is 0 Å². The van der Waals surface area contributed by atoms with Crippen LogP contribution in [0.4, 0.5) is 23.7 Å². The maximum absolute atomic E-state index is 12.3. The van der Waals surface area contributed by atoms with Crippen molar-refractivity contribution in [3.05, 3.63) is 55.4 Å². The second kappa shape index (κ2) is 9.37. The third kappa shape index (κ3) is 5.27. The number of amides is 2. The first-order chi connectivity index (χ1) is 16.9. The quantitative estimate of drug-likeness (QED) is 0.399. The highest BCUT2D eigenvalue weighted by molar-refractivity contribution is 5.89. The average molecular weight is 484 g/mol. The number of aromatic nitrogens is 5. The largest absolute Gasteiger partial charge is 0.405 e. The maximum atomic E-state index is 12.3. The smallest absolute Gasteiger partial charge is 0.329 e. The van der Waals surface area contributed by atoms with Crippen molar-refractivity contribution < 1.29 is 18.0 Å². The SMILES string of the molecule is O=C(NCC(F)(F)F)Nc1cncc(-c2cnc3cc(-c4cnn(C5CCNCC5)c4)ccn23)c1. The van der Waals surface area contributed by atoms with Crippen LogP contribution in [0.25, 0.3) is 28.0 Å². The number of alkyl halides is 3. The molecule has 0 saturated carbocycles. The molecular formula is C23H23F3N8O. The molecule has 1 aliphatic rings. The van der Waals surface area contributed by atoms with Gasteiger partial charge in [0.2, 0.25) is 0 Å². The molecule has 0 aromatic carbocycles. The molecule has 0 bridgehead atoms. The highest BCUT2D eigenvalue weighted by Gasteiger charge is 2.27. The fourth-order valence-electron chi connectivity index (χ4n) is 4.14. The normalized spacial score (nSPS) is 14.8. The summed E-state index contributed by atoms with van der Waals surface area (Å²) in [5, 5.41) is 12.1. The molecule has 1 fully saturated rings. The minimum absolute atomic E-state index is 0.263. The van der Waals surface area contributed by atoms with Crippen LogP contribution in [0.5, 0.6) is 0 Å². The van der Waals surface area contributed by atoms with Gasteiger partial charge < -0.3 is 16.0 Å². The average Bonchev–Trinajstić information content (AvgIpc) is 3.50. The van der Waals surface area contributed by atoms with Crippen molar-refractivity contribution >= 4 is 17.4 Å². The van der Waals surface area contributed by atoms with Gasteiger partial charge in [-0.1, -0.05) is 0 Å². The molecular weight excluding hydrogens is 461 g/mol. The molecule has 0 radical (unpaired) electrons. The Kier molecular flexibility index (Phi) is 6.12. The van der Waals surface area contributed by atoms with Crippen LogP contribution in [0.15, 0.2) is 55.4 Å². The van der Waals surface area contributed by atoms with Crippen LogP contribution in [0.1, 0.15) is 18.9 Å². The van der Waals surface area contributed by atoms with E-state index in [9.17, 15) is 18.0 Å². The van der Waals surface area contributed by atoms with E-state index >= 15 is 0 Å². The van der Waals surface area contributed by atoms with E-state index in [0.29, 0.717) is 17.3 Å². The fourth-order valence-corrected chi connectivity index (χ4v) is 4.14. The number of hydrogen-bond acceptors (Lipinski definition) is 5. The lowest BCUT2D eigenvalue weighted by atomic mass is 10.1. The second-order valence-corrected chi connectivity index (χ2v) is 8.36. The molecule has 2 amide bonds. The van der Waals surface area contributed by atoms with Crippen molar-refractivity contribution in [1.29, 1.82) is 0 Å². The molecule has 4 aromatic heterocycles. The van der Waals surface area contributed by atoms with Gasteiger partial charge in [-0.2, -0.15) is 18.3 Å². The summed E-state index contributed by atoms with van der Waals surface area (Å²) in [6, 6.07) is 5.00. The number of carbonyl (C=O) groups is 1. The van der Waals surface area contributed by atoms with E-state index in [1.54, 1.807) is 23.8 Å². The van der Waals surface area contributed by atoms with Gasteiger partial charge in [-0.3, -0.25) is 14.1 Å². The van der Waals surface area contributed by atoms with Crippen molar-refractivity contribution in [1.82, 2.24) is 34.8 Å². The molecule has 1 aliphatic heterocycles. The Morgan fingerprint density at radius 1 is 1.09 bits per heavy atom. The number of rotatable bonds is 5. The Balaban J connectivity index is 1.34. The van der Waals surface area contributed by atoms with Crippen molar-refractivity contribution in [3.8, 4) is 22.4 Å². The van der Waals surface area contributed by atoms with Crippen molar-refractivity contribution in [2.24, 2.45) is 0 Å². The minimum Gasteiger partial charge on any atom is -0.329 e. The van der Waals surface area contributed by atoms with E-state index in [1.807, 2.05) is 33.6 Å². The van der Waals surface area contributed by atoms with E-state index in [-0.39, 0.29) is 5.69 Å².